The van der Waals surface area contributed by atoms with Crippen molar-refractivity contribution in [3.63, 3.8) is 0 Å². The summed E-state index contributed by atoms with van der Waals surface area (Å²) >= 11 is 0. The van der Waals surface area contributed by atoms with Gasteiger partial charge in [-0.2, -0.15) is 0 Å². The van der Waals surface area contributed by atoms with Gasteiger partial charge in [0, 0.05) is 0 Å². The summed E-state index contributed by atoms with van der Waals surface area (Å²) < 4.78 is 5.09. The van der Waals surface area contributed by atoms with Crippen LogP contribution in [-0.4, -0.2) is 0 Å². The Bertz CT molecular complexity index is 293. The Morgan fingerprint density at radius 3 is 2.70 bits per heavy atom. The summed E-state index contributed by atoms with van der Waals surface area (Å²) in [6, 6.07) is 3.52. The van der Waals surface area contributed by atoms with Crippen molar-refractivity contribution in [2.45, 2.75) is 6.42 Å². The average Bonchev–Trinajstić information content (AvgIpc) is 2.37. The third-order valence-electron chi connectivity index (χ3n) is 1.08. The van der Waals surface area contributed by atoms with Gasteiger partial charge in [0.25, 0.3) is 0 Å². The summed E-state index contributed by atoms with van der Waals surface area (Å²) in [6.45, 7) is 0. The van der Waals surface area contributed by atoms with Crippen LogP contribution in [0.1, 0.15) is 11.5 Å². The summed E-state index contributed by atoms with van der Waals surface area (Å²) in [5.74, 6) is 6.11. The molecule has 0 radical (unpaired) electrons. The third-order valence-corrected chi connectivity index (χ3v) is 1.08. The van der Waals surface area contributed by atoms with E-state index in [1.54, 1.807) is 12.1 Å². The molecule has 0 spiro atoms. The average molecular weight is 130 g/mol. The normalized spacial score (nSPS) is 8.20. The molecule has 0 N–H and O–H groups in total. The molecular weight excluding hydrogens is 124 g/mol. The Hall–Kier alpha value is -1.60. The molecule has 0 unspecified atom stereocenters. The largest absolute Gasteiger partial charge is 0.452 e. The number of furan rings is 1. The number of terminal acetylenes is 2. The zero-order chi connectivity index (χ0) is 7.40. The Labute approximate surface area is 60.0 Å². The lowest BCUT2D eigenvalue weighted by Crippen LogP contribution is -1.72. The third kappa shape index (κ3) is 1.21. The van der Waals surface area contributed by atoms with E-state index in [0.717, 1.165) is 5.76 Å². The SMILES string of the molecule is C#CCc1ccc(C#C)o1. The monoisotopic (exact) mass is 130 g/mol. The number of rotatable bonds is 1. The molecule has 0 aliphatic carbocycles. The first kappa shape index (κ1) is 6.52. The first-order valence-corrected chi connectivity index (χ1v) is 2.85. The highest BCUT2D eigenvalue weighted by molar-refractivity contribution is 5.24. The summed E-state index contributed by atoms with van der Waals surface area (Å²) in [5.41, 5.74) is 0. The zero-order valence-electron chi connectivity index (χ0n) is 5.42. The number of hydrogen-bond acceptors (Lipinski definition) is 1. The highest BCUT2D eigenvalue weighted by Crippen LogP contribution is 2.05. The maximum Gasteiger partial charge on any atom is 0.176 e. The van der Waals surface area contributed by atoms with E-state index in [0.29, 0.717) is 12.2 Å². The van der Waals surface area contributed by atoms with Crippen LogP contribution in [0.5, 0.6) is 0 Å². The van der Waals surface area contributed by atoms with Crippen LogP contribution in [0.15, 0.2) is 16.5 Å². The maximum atomic E-state index is 5.09. The van der Waals surface area contributed by atoms with Crippen molar-refractivity contribution in [1.82, 2.24) is 0 Å². The molecule has 1 rings (SSSR count). The Morgan fingerprint density at radius 2 is 2.20 bits per heavy atom. The fourth-order valence-corrected chi connectivity index (χ4v) is 0.651. The fraction of sp³-hybridized carbons (Fsp3) is 0.111. The molecule has 48 valence electrons. The molecule has 0 aliphatic rings. The highest BCUT2D eigenvalue weighted by atomic mass is 16.3. The molecule has 0 saturated carbocycles. The minimum atomic E-state index is 0.502. The van der Waals surface area contributed by atoms with E-state index >= 15 is 0 Å². The van der Waals surface area contributed by atoms with Gasteiger partial charge in [0.15, 0.2) is 5.76 Å². The zero-order valence-corrected chi connectivity index (χ0v) is 5.42. The molecule has 1 aromatic rings. The lowest BCUT2D eigenvalue weighted by atomic mass is 10.3. The predicted molar refractivity (Wildman–Crippen MR) is 39.2 cm³/mol. The van der Waals surface area contributed by atoms with E-state index < -0.39 is 0 Å². The van der Waals surface area contributed by atoms with Gasteiger partial charge in [-0.3, -0.25) is 0 Å². The van der Waals surface area contributed by atoms with Crippen molar-refractivity contribution in [2.75, 3.05) is 0 Å². The van der Waals surface area contributed by atoms with Crippen molar-refractivity contribution >= 4 is 0 Å². The predicted octanol–water partition coefficient (Wildman–Crippen LogP) is 1.44. The van der Waals surface area contributed by atoms with Gasteiger partial charge in [-0.15, -0.1) is 12.8 Å². The van der Waals surface area contributed by atoms with Crippen molar-refractivity contribution in [3.8, 4) is 24.7 Å². The molecule has 1 heteroatoms. The smallest absolute Gasteiger partial charge is 0.176 e. The van der Waals surface area contributed by atoms with Gasteiger partial charge in [-0.05, 0) is 18.1 Å². The standard InChI is InChI=1S/C9H6O/c1-3-5-9-7-6-8(4-2)10-9/h1-2,6-7H,5H2. The van der Waals surface area contributed by atoms with Crippen LogP contribution in [0.4, 0.5) is 0 Å². The van der Waals surface area contributed by atoms with Crippen LogP contribution in [0.2, 0.25) is 0 Å². The molecular formula is C9H6O. The molecule has 0 amide bonds. The van der Waals surface area contributed by atoms with Crippen LogP contribution >= 0.6 is 0 Å². The second kappa shape index (κ2) is 2.80. The van der Waals surface area contributed by atoms with Gasteiger partial charge in [-0.25, -0.2) is 0 Å². The molecule has 0 aliphatic heterocycles. The fourth-order valence-electron chi connectivity index (χ4n) is 0.651. The molecule has 0 bridgehead atoms. The molecule has 0 aromatic carbocycles. The molecule has 0 fully saturated rings. The van der Waals surface area contributed by atoms with Crippen molar-refractivity contribution in [1.29, 1.82) is 0 Å². The highest BCUT2D eigenvalue weighted by Gasteiger charge is 1.95. The minimum Gasteiger partial charge on any atom is -0.452 e. The van der Waals surface area contributed by atoms with Crippen LogP contribution < -0.4 is 0 Å². The van der Waals surface area contributed by atoms with Crippen LogP contribution in [-0.2, 0) is 6.42 Å². The van der Waals surface area contributed by atoms with E-state index in [1.165, 1.54) is 0 Å². The summed E-state index contributed by atoms with van der Waals surface area (Å²) in [5, 5.41) is 0. The van der Waals surface area contributed by atoms with Gasteiger partial charge in [0.2, 0.25) is 0 Å². The first-order chi connectivity index (χ1) is 4.86. The van der Waals surface area contributed by atoms with Gasteiger partial charge in [0.1, 0.15) is 5.76 Å². The summed E-state index contributed by atoms with van der Waals surface area (Å²) in [7, 11) is 0. The van der Waals surface area contributed by atoms with Gasteiger partial charge in [0.05, 0.1) is 6.42 Å². The molecule has 1 nitrogen and oxygen atoms in total. The van der Waals surface area contributed by atoms with Crippen molar-refractivity contribution < 1.29 is 4.42 Å². The molecule has 10 heavy (non-hydrogen) atoms. The number of hydrogen-bond donors (Lipinski definition) is 0. The summed E-state index contributed by atoms with van der Waals surface area (Å²) in [4.78, 5) is 0. The van der Waals surface area contributed by atoms with Crippen LogP contribution in [0.3, 0.4) is 0 Å². The second-order valence-electron chi connectivity index (χ2n) is 1.79. The lowest BCUT2D eigenvalue weighted by molar-refractivity contribution is 0.514. The van der Waals surface area contributed by atoms with E-state index in [-0.39, 0.29) is 0 Å². The van der Waals surface area contributed by atoms with Crippen molar-refractivity contribution in [2.24, 2.45) is 0 Å². The van der Waals surface area contributed by atoms with Gasteiger partial charge >= 0.3 is 0 Å². The van der Waals surface area contributed by atoms with Crippen LogP contribution in [0, 0.1) is 24.7 Å². The maximum absolute atomic E-state index is 5.09. The minimum absolute atomic E-state index is 0.502. The summed E-state index contributed by atoms with van der Waals surface area (Å²) in [6.07, 6.45) is 10.6. The first-order valence-electron chi connectivity index (χ1n) is 2.85. The Kier molecular flexibility index (Phi) is 1.83. The second-order valence-corrected chi connectivity index (χ2v) is 1.79. The topological polar surface area (TPSA) is 13.1 Å². The molecule has 0 saturated heterocycles. The lowest BCUT2D eigenvalue weighted by Gasteiger charge is -1.82. The van der Waals surface area contributed by atoms with E-state index in [9.17, 15) is 0 Å². The Morgan fingerprint density at radius 1 is 1.40 bits per heavy atom. The Balaban J connectivity index is 2.83. The molecule has 1 aromatic heterocycles. The van der Waals surface area contributed by atoms with Crippen molar-refractivity contribution in [3.05, 3.63) is 23.7 Å². The molecule has 1 heterocycles. The molecule has 0 atom stereocenters. The quantitative estimate of drug-likeness (QED) is 0.524. The van der Waals surface area contributed by atoms with Crippen LogP contribution in [0.25, 0.3) is 0 Å². The van der Waals surface area contributed by atoms with E-state index in [4.69, 9.17) is 17.3 Å². The van der Waals surface area contributed by atoms with Gasteiger partial charge in [-0.1, -0.05) is 5.92 Å². The van der Waals surface area contributed by atoms with E-state index in [1.807, 2.05) is 0 Å². The van der Waals surface area contributed by atoms with Gasteiger partial charge < -0.3 is 4.42 Å². The van der Waals surface area contributed by atoms with E-state index in [2.05, 4.69) is 11.8 Å².